The minimum absolute atomic E-state index is 0.0529. The highest BCUT2D eigenvalue weighted by molar-refractivity contribution is 5.95. The molecule has 4 saturated carbocycles. The average molecular weight is 473 g/mol. The predicted octanol–water partition coefficient (Wildman–Crippen LogP) is 5.29. The van der Waals surface area contributed by atoms with Gasteiger partial charge in [0.1, 0.15) is 0 Å². The molecule has 4 heteroatoms. The Morgan fingerprint density at radius 2 is 1.47 bits per heavy atom. The van der Waals surface area contributed by atoms with Crippen molar-refractivity contribution in [1.29, 1.82) is 0 Å². The Labute approximate surface area is 206 Å². The molecule has 0 aromatic rings. The molecule has 0 heterocycles. The van der Waals surface area contributed by atoms with Crippen molar-refractivity contribution in [3.05, 3.63) is 11.6 Å². The van der Waals surface area contributed by atoms with Gasteiger partial charge in [-0.15, -0.1) is 0 Å². The zero-order valence-electron chi connectivity index (χ0n) is 22.4. The number of ketones is 1. The number of hydrogen-bond acceptors (Lipinski definition) is 4. The Kier molecular flexibility index (Phi) is 5.62. The van der Waals surface area contributed by atoms with Crippen molar-refractivity contribution in [1.82, 2.24) is 0 Å². The summed E-state index contributed by atoms with van der Waals surface area (Å²) in [6.07, 6.45) is 10.1. The van der Waals surface area contributed by atoms with Crippen LogP contribution in [0.1, 0.15) is 99.3 Å². The first kappa shape index (κ1) is 25.0. The van der Waals surface area contributed by atoms with Gasteiger partial charge in [-0.05, 0) is 97.9 Å². The molecule has 0 radical (unpaired) electrons. The molecule has 4 fully saturated rings. The van der Waals surface area contributed by atoms with E-state index in [1.165, 1.54) is 5.57 Å². The van der Waals surface area contributed by atoms with Crippen LogP contribution >= 0.6 is 0 Å². The highest BCUT2D eigenvalue weighted by atomic mass is 16.3. The van der Waals surface area contributed by atoms with Gasteiger partial charge in [0.05, 0.1) is 18.8 Å². The second kappa shape index (κ2) is 7.65. The zero-order valence-corrected chi connectivity index (χ0v) is 22.4. The van der Waals surface area contributed by atoms with Crippen molar-refractivity contribution < 1.29 is 20.1 Å². The van der Waals surface area contributed by atoms with Crippen LogP contribution in [0, 0.1) is 50.7 Å². The summed E-state index contributed by atoms with van der Waals surface area (Å²) in [5, 5.41) is 32.1. The fourth-order valence-corrected chi connectivity index (χ4v) is 10.9. The predicted molar refractivity (Wildman–Crippen MR) is 134 cm³/mol. The van der Waals surface area contributed by atoms with Gasteiger partial charge in [-0.2, -0.15) is 0 Å². The normalized spacial score (nSPS) is 54.6. The maximum Gasteiger partial charge on any atom is 0.159 e. The van der Waals surface area contributed by atoms with Crippen molar-refractivity contribution in [3.8, 4) is 0 Å². The Hall–Kier alpha value is -0.710. The van der Waals surface area contributed by atoms with Crippen molar-refractivity contribution in [2.45, 2.75) is 112 Å². The van der Waals surface area contributed by atoms with Crippen LogP contribution in [-0.2, 0) is 4.79 Å². The molecule has 0 amide bonds. The Balaban J connectivity index is 1.54. The monoisotopic (exact) mass is 472 g/mol. The van der Waals surface area contributed by atoms with Crippen molar-refractivity contribution in [2.24, 2.45) is 50.7 Å². The molecular weight excluding hydrogens is 424 g/mol. The summed E-state index contributed by atoms with van der Waals surface area (Å²) in [4.78, 5) is 13.6. The number of aliphatic hydroxyl groups is 3. The largest absolute Gasteiger partial charge is 0.396 e. The van der Waals surface area contributed by atoms with E-state index in [1.807, 2.05) is 6.08 Å². The third-order valence-corrected chi connectivity index (χ3v) is 12.7. The summed E-state index contributed by atoms with van der Waals surface area (Å²) in [7, 11) is 0. The highest BCUT2D eigenvalue weighted by Gasteiger charge is 2.64. The smallest absolute Gasteiger partial charge is 0.159 e. The minimum Gasteiger partial charge on any atom is -0.396 e. The Morgan fingerprint density at radius 1 is 0.824 bits per heavy atom. The molecule has 0 aromatic carbocycles. The number of carbonyl (C=O) groups is 1. The molecule has 5 rings (SSSR count). The van der Waals surface area contributed by atoms with Crippen molar-refractivity contribution >= 4 is 5.78 Å². The van der Waals surface area contributed by atoms with Crippen LogP contribution in [0.5, 0.6) is 0 Å². The topological polar surface area (TPSA) is 77.8 Å². The molecule has 0 unspecified atom stereocenters. The van der Waals surface area contributed by atoms with Gasteiger partial charge in [-0.1, -0.05) is 47.1 Å². The molecule has 5 aliphatic carbocycles. The summed E-state index contributed by atoms with van der Waals surface area (Å²) in [5.41, 5.74) is 0.722. The molecule has 0 spiro atoms. The molecule has 4 nitrogen and oxygen atoms in total. The fourth-order valence-electron chi connectivity index (χ4n) is 10.9. The minimum atomic E-state index is -0.427. The van der Waals surface area contributed by atoms with Crippen molar-refractivity contribution in [2.75, 3.05) is 6.61 Å². The Bertz CT molecular complexity index is 892. The highest BCUT2D eigenvalue weighted by Crippen LogP contribution is 2.70. The van der Waals surface area contributed by atoms with Crippen LogP contribution in [0.25, 0.3) is 0 Å². The number of fused-ring (bicyclic) bond motifs is 6. The van der Waals surface area contributed by atoms with E-state index in [2.05, 4.69) is 41.5 Å². The number of rotatable bonds is 1. The molecule has 5 aliphatic rings. The van der Waals surface area contributed by atoms with E-state index in [9.17, 15) is 20.1 Å². The van der Waals surface area contributed by atoms with Crippen molar-refractivity contribution in [3.63, 3.8) is 0 Å². The quantitative estimate of drug-likeness (QED) is 0.484. The third-order valence-electron chi connectivity index (χ3n) is 12.7. The van der Waals surface area contributed by atoms with Gasteiger partial charge in [-0.25, -0.2) is 0 Å². The molecule has 0 aliphatic heterocycles. The van der Waals surface area contributed by atoms with Gasteiger partial charge in [0.25, 0.3) is 0 Å². The second-order valence-corrected chi connectivity index (χ2v) is 14.8. The average Bonchev–Trinajstić information content (AvgIpc) is 2.90. The first-order valence-electron chi connectivity index (χ1n) is 14.0. The number of carbonyl (C=O) groups excluding carboxylic acids is 1. The van der Waals surface area contributed by atoms with Crippen LogP contribution in [0.3, 0.4) is 0 Å². The van der Waals surface area contributed by atoms with E-state index in [4.69, 9.17) is 0 Å². The Morgan fingerprint density at radius 3 is 2.15 bits per heavy atom. The SMILES string of the molecule is CC1(C)[C@H](O)CC[C@]2(C)[C@H]3CC[C@H]4[C@@](C)(CC[C@H]5[C@]4(C)CC[C@@H](O)[C@]5(C)CO)CC3=CC(=O)[C@@H]12. The van der Waals surface area contributed by atoms with E-state index in [-0.39, 0.29) is 34.6 Å². The molecule has 192 valence electrons. The van der Waals surface area contributed by atoms with Crippen LogP contribution in [0.4, 0.5) is 0 Å². The molecule has 3 N–H and O–H groups in total. The summed E-state index contributed by atoms with van der Waals surface area (Å²) in [5.74, 6) is 1.40. The lowest BCUT2D eigenvalue weighted by atomic mass is 9.42. The lowest BCUT2D eigenvalue weighted by molar-refractivity contribution is -0.189. The molecule has 10 atom stereocenters. The van der Waals surface area contributed by atoms with Gasteiger partial charge in [0.15, 0.2) is 5.78 Å². The van der Waals surface area contributed by atoms with Crippen LogP contribution in [-0.4, -0.2) is 39.9 Å². The number of hydrogen-bond donors (Lipinski definition) is 3. The van der Waals surface area contributed by atoms with E-state index in [0.717, 1.165) is 57.8 Å². The maximum atomic E-state index is 13.6. The zero-order chi connectivity index (χ0) is 24.9. The van der Waals surface area contributed by atoms with E-state index in [1.54, 1.807) is 0 Å². The van der Waals surface area contributed by atoms with Gasteiger partial charge < -0.3 is 15.3 Å². The van der Waals surface area contributed by atoms with E-state index in [0.29, 0.717) is 17.8 Å². The summed E-state index contributed by atoms with van der Waals surface area (Å²) >= 11 is 0. The van der Waals surface area contributed by atoms with Crippen LogP contribution in [0.15, 0.2) is 11.6 Å². The first-order chi connectivity index (χ1) is 15.7. The van der Waals surface area contributed by atoms with Gasteiger partial charge in [0, 0.05) is 16.7 Å². The summed E-state index contributed by atoms with van der Waals surface area (Å²) < 4.78 is 0. The molecule has 0 aromatic heterocycles. The van der Waals surface area contributed by atoms with Crippen LogP contribution in [0.2, 0.25) is 0 Å². The second-order valence-electron chi connectivity index (χ2n) is 14.8. The molecular formula is C30H48O4. The van der Waals surface area contributed by atoms with Crippen LogP contribution < -0.4 is 0 Å². The lowest BCUT2D eigenvalue weighted by Gasteiger charge is -2.64. The first-order valence-corrected chi connectivity index (χ1v) is 14.0. The maximum absolute atomic E-state index is 13.6. The third kappa shape index (κ3) is 3.10. The number of allylic oxidation sites excluding steroid dienone is 2. The van der Waals surface area contributed by atoms with Gasteiger partial charge in [0.2, 0.25) is 0 Å². The van der Waals surface area contributed by atoms with Gasteiger partial charge >= 0.3 is 0 Å². The summed E-state index contributed by atoms with van der Waals surface area (Å²) in [6, 6.07) is 0. The van der Waals surface area contributed by atoms with Gasteiger partial charge in [-0.3, -0.25) is 4.79 Å². The summed E-state index contributed by atoms with van der Waals surface area (Å²) in [6.45, 7) is 13.6. The molecule has 34 heavy (non-hydrogen) atoms. The standard InChI is InChI=1S/C30H48O4/c1-26(2)23(33)10-13-28(4)19-7-8-21-27(3,16-18(19)15-20(32)25(26)28)12-9-22-29(21,5)14-11-24(34)30(22,6)17-31/h15,19,21-25,31,33-34H,7-14,16-17H2,1-6H3/t19-,21-,22-,23+,24+,25-,27-,28+,29+,30+/m0/s1. The lowest BCUT2D eigenvalue weighted by Crippen LogP contribution is -2.60. The number of aliphatic hydroxyl groups excluding tert-OH is 3. The molecule has 0 bridgehead atoms. The van der Waals surface area contributed by atoms with E-state index >= 15 is 0 Å². The fraction of sp³-hybridized carbons (Fsp3) is 0.900. The molecule has 0 saturated heterocycles. The van der Waals surface area contributed by atoms with E-state index < -0.39 is 23.0 Å².